The maximum absolute atomic E-state index is 13.4. The van der Waals surface area contributed by atoms with E-state index in [9.17, 15) is 24.6 Å². The van der Waals surface area contributed by atoms with Crippen molar-refractivity contribution in [2.75, 3.05) is 18.9 Å². The molecule has 1 aromatic carbocycles. The highest BCUT2D eigenvalue weighted by atomic mass is 32.1. The number of hydrogen-bond acceptors (Lipinski definition) is 7. The first kappa shape index (κ1) is 28.6. The summed E-state index contributed by atoms with van der Waals surface area (Å²) in [5.41, 5.74) is -0.397. The van der Waals surface area contributed by atoms with E-state index in [0.717, 1.165) is 12.8 Å². The topological polar surface area (TPSA) is 128 Å². The number of nitrogens with one attached hydrogen (secondary N) is 2. The zero-order chi connectivity index (χ0) is 25.2. The van der Waals surface area contributed by atoms with Gasteiger partial charge in [0, 0.05) is 18.3 Å². The highest BCUT2D eigenvalue weighted by molar-refractivity contribution is 7.80. The van der Waals surface area contributed by atoms with Crippen LogP contribution in [0.1, 0.15) is 59.1 Å². The number of thiol groups is 1. The third-order valence-corrected chi connectivity index (χ3v) is 5.02. The summed E-state index contributed by atoms with van der Waals surface area (Å²) < 4.78 is 5.23. The minimum atomic E-state index is -1.14. The number of rotatable bonds is 11. The molecule has 0 fully saturated rings. The van der Waals surface area contributed by atoms with Crippen LogP contribution in [0.3, 0.4) is 0 Å². The molecule has 0 radical (unpaired) electrons. The van der Waals surface area contributed by atoms with E-state index in [-0.39, 0.29) is 24.1 Å². The minimum absolute atomic E-state index is 0.0549. The second-order valence-electron chi connectivity index (χ2n) is 8.83. The number of aromatic hydroxyl groups is 1. The Kier molecular flexibility index (Phi) is 11.5. The summed E-state index contributed by atoms with van der Waals surface area (Å²) in [7, 11) is 0. The Balaban J connectivity index is 3.31. The fraction of sp³-hybridized carbons (Fsp3) is 0.609. The van der Waals surface area contributed by atoms with Crippen molar-refractivity contribution in [2.45, 2.75) is 71.2 Å². The number of phenols is 1. The van der Waals surface area contributed by atoms with Crippen LogP contribution in [0.15, 0.2) is 24.3 Å². The average molecular weight is 484 g/mol. The highest BCUT2D eigenvalue weighted by Gasteiger charge is 2.36. The summed E-state index contributed by atoms with van der Waals surface area (Å²) in [5, 5.41) is 25.0. The zero-order valence-electron chi connectivity index (χ0n) is 20.0. The van der Waals surface area contributed by atoms with Crippen LogP contribution in [0.4, 0.5) is 4.79 Å². The molecule has 0 saturated carbocycles. The molecule has 0 aliphatic rings. The smallest absolute Gasteiger partial charge is 0.408 e. The first-order valence-electron chi connectivity index (χ1n) is 11.0. The Labute approximate surface area is 201 Å². The summed E-state index contributed by atoms with van der Waals surface area (Å²) in [4.78, 5) is 40.1. The summed E-state index contributed by atoms with van der Waals surface area (Å²) in [6.07, 6.45) is 0.805. The van der Waals surface area contributed by atoms with E-state index < -0.39 is 42.2 Å². The number of aliphatic hydroxyl groups excluding tert-OH is 1. The number of benzene rings is 1. The van der Waals surface area contributed by atoms with E-state index in [1.807, 2.05) is 13.8 Å². The Morgan fingerprint density at radius 2 is 1.88 bits per heavy atom. The average Bonchev–Trinajstić information content (AvgIpc) is 2.70. The SMILES string of the molecule is CCCC(C)NC(=O)C(c1cccc(O)c1)N(CCO)C(=O)C(CS)NC(=O)OC(C)(C)C. The number of amides is 3. The highest BCUT2D eigenvalue weighted by Crippen LogP contribution is 2.26. The van der Waals surface area contributed by atoms with Crippen LogP contribution in [0.2, 0.25) is 0 Å². The van der Waals surface area contributed by atoms with Crippen LogP contribution in [-0.2, 0) is 14.3 Å². The standard InChI is InChI=1S/C23H37N3O6S/c1-6-8-15(2)24-20(29)19(16-9-7-10-17(28)13-16)26(11-12-27)21(30)18(14-33)25-22(31)32-23(3,4)5/h7,9-10,13,15,18-19,27-28,33H,6,8,11-12,14H2,1-5H3,(H,24,29)(H,25,31). The van der Waals surface area contributed by atoms with E-state index in [2.05, 4.69) is 23.3 Å². The van der Waals surface area contributed by atoms with E-state index in [1.165, 1.54) is 17.0 Å². The largest absolute Gasteiger partial charge is 0.508 e. The van der Waals surface area contributed by atoms with Gasteiger partial charge in [-0.2, -0.15) is 12.6 Å². The van der Waals surface area contributed by atoms with Crippen LogP contribution in [0.25, 0.3) is 0 Å². The molecule has 3 amide bonds. The third kappa shape index (κ3) is 9.51. The van der Waals surface area contributed by atoms with Gasteiger partial charge in [0.05, 0.1) is 6.61 Å². The van der Waals surface area contributed by atoms with Crippen LogP contribution in [0.5, 0.6) is 5.75 Å². The van der Waals surface area contributed by atoms with Crippen molar-refractivity contribution in [1.29, 1.82) is 0 Å². The number of carbonyl (C=O) groups excluding carboxylic acids is 3. The predicted octanol–water partition coefficient (Wildman–Crippen LogP) is 2.38. The normalized spacial score (nSPS) is 14.0. The van der Waals surface area contributed by atoms with Crippen molar-refractivity contribution in [1.82, 2.24) is 15.5 Å². The Morgan fingerprint density at radius 3 is 2.39 bits per heavy atom. The maximum Gasteiger partial charge on any atom is 0.408 e. The molecular formula is C23H37N3O6S. The lowest BCUT2D eigenvalue weighted by Gasteiger charge is -2.34. The van der Waals surface area contributed by atoms with Gasteiger partial charge < -0.3 is 30.5 Å². The molecule has 3 unspecified atom stereocenters. The van der Waals surface area contributed by atoms with Gasteiger partial charge >= 0.3 is 6.09 Å². The minimum Gasteiger partial charge on any atom is -0.508 e. The lowest BCUT2D eigenvalue weighted by atomic mass is 10.0. The first-order chi connectivity index (χ1) is 15.4. The Bertz CT molecular complexity index is 799. The summed E-state index contributed by atoms with van der Waals surface area (Å²) in [6, 6.07) is 3.64. The Hall–Kier alpha value is -2.46. The quantitative estimate of drug-likeness (QED) is 0.308. The van der Waals surface area contributed by atoms with Crippen molar-refractivity contribution in [2.24, 2.45) is 0 Å². The van der Waals surface area contributed by atoms with E-state index >= 15 is 0 Å². The van der Waals surface area contributed by atoms with Gasteiger partial charge in [0.2, 0.25) is 11.8 Å². The number of aliphatic hydroxyl groups is 1. The van der Waals surface area contributed by atoms with Gasteiger partial charge in [0.1, 0.15) is 23.4 Å². The molecule has 0 aliphatic heterocycles. The van der Waals surface area contributed by atoms with Gasteiger partial charge in [0.25, 0.3) is 0 Å². The van der Waals surface area contributed by atoms with Crippen LogP contribution >= 0.6 is 12.6 Å². The van der Waals surface area contributed by atoms with Crippen LogP contribution in [0, 0.1) is 0 Å². The van der Waals surface area contributed by atoms with Crippen molar-refractivity contribution in [3.8, 4) is 5.75 Å². The van der Waals surface area contributed by atoms with Gasteiger partial charge in [-0.25, -0.2) is 4.79 Å². The molecule has 0 aromatic heterocycles. The third-order valence-electron chi connectivity index (χ3n) is 4.65. The number of ether oxygens (including phenoxy) is 1. The fourth-order valence-electron chi connectivity index (χ4n) is 3.30. The van der Waals surface area contributed by atoms with Gasteiger partial charge in [-0.05, 0) is 51.8 Å². The molecule has 186 valence electrons. The molecule has 0 spiro atoms. The fourth-order valence-corrected chi connectivity index (χ4v) is 3.55. The van der Waals surface area contributed by atoms with Crippen molar-refractivity contribution < 1.29 is 29.3 Å². The number of hydrogen-bond donors (Lipinski definition) is 5. The molecule has 0 bridgehead atoms. The lowest BCUT2D eigenvalue weighted by Crippen LogP contribution is -2.55. The number of alkyl carbamates (subject to hydrolysis) is 1. The molecule has 10 heteroatoms. The lowest BCUT2D eigenvalue weighted by molar-refractivity contribution is -0.142. The van der Waals surface area contributed by atoms with Gasteiger partial charge in [-0.1, -0.05) is 25.5 Å². The molecular weight excluding hydrogens is 446 g/mol. The van der Waals surface area contributed by atoms with Gasteiger partial charge in [-0.15, -0.1) is 0 Å². The van der Waals surface area contributed by atoms with Gasteiger partial charge in [-0.3, -0.25) is 9.59 Å². The van der Waals surface area contributed by atoms with E-state index in [0.29, 0.717) is 5.56 Å². The maximum atomic E-state index is 13.4. The number of phenolic OH excluding ortho intramolecular Hbond substituents is 1. The number of nitrogens with zero attached hydrogens (tertiary/aromatic N) is 1. The monoisotopic (exact) mass is 483 g/mol. The zero-order valence-corrected chi connectivity index (χ0v) is 20.9. The second-order valence-corrected chi connectivity index (χ2v) is 9.20. The summed E-state index contributed by atoms with van der Waals surface area (Å²) in [6.45, 7) is 8.36. The molecule has 1 rings (SSSR count). The molecule has 3 atom stereocenters. The van der Waals surface area contributed by atoms with E-state index in [4.69, 9.17) is 4.74 Å². The van der Waals surface area contributed by atoms with Gasteiger partial charge in [0.15, 0.2) is 0 Å². The number of carbonyl (C=O) groups is 3. The molecule has 33 heavy (non-hydrogen) atoms. The molecule has 1 aromatic rings. The summed E-state index contributed by atoms with van der Waals surface area (Å²) in [5.74, 6) is -1.20. The molecule has 9 nitrogen and oxygen atoms in total. The molecule has 4 N–H and O–H groups in total. The van der Waals surface area contributed by atoms with E-state index in [1.54, 1.807) is 32.9 Å². The van der Waals surface area contributed by atoms with Crippen molar-refractivity contribution in [3.63, 3.8) is 0 Å². The Morgan fingerprint density at radius 1 is 1.21 bits per heavy atom. The predicted molar refractivity (Wildman–Crippen MR) is 129 cm³/mol. The molecule has 0 heterocycles. The first-order valence-corrected chi connectivity index (χ1v) is 11.7. The molecule has 0 saturated heterocycles. The second kappa shape index (κ2) is 13.3. The van der Waals surface area contributed by atoms with Crippen molar-refractivity contribution >= 4 is 30.5 Å². The van der Waals surface area contributed by atoms with Crippen molar-refractivity contribution in [3.05, 3.63) is 29.8 Å². The van der Waals surface area contributed by atoms with Crippen LogP contribution in [-0.4, -0.2) is 69.6 Å². The summed E-state index contributed by atoms with van der Waals surface area (Å²) >= 11 is 4.19. The van der Waals surface area contributed by atoms with Crippen LogP contribution < -0.4 is 10.6 Å². The molecule has 0 aliphatic carbocycles.